The minimum absolute atomic E-state index is 0.281. The second kappa shape index (κ2) is 9.46. The van der Waals surface area contributed by atoms with Gasteiger partial charge in [-0.05, 0) is 12.8 Å². The average Bonchev–Trinajstić information content (AvgIpc) is 2.32. The van der Waals surface area contributed by atoms with Gasteiger partial charge in [-0.3, -0.25) is 0 Å². The number of rotatable bonds is 0. The van der Waals surface area contributed by atoms with Crippen molar-refractivity contribution in [3.05, 3.63) is 0 Å². The van der Waals surface area contributed by atoms with E-state index < -0.39 is 24.3 Å². The van der Waals surface area contributed by atoms with Crippen molar-refractivity contribution in [3.8, 4) is 0 Å². The second-order valence-corrected chi connectivity index (χ2v) is 4.22. The van der Waals surface area contributed by atoms with E-state index in [1.165, 1.54) is 12.8 Å². The normalized spacial score (nSPS) is 21.6. The second-order valence-electron chi connectivity index (χ2n) is 4.22. The van der Waals surface area contributed by atoms with Gasteiger partial charge < -0.3 is 21.7 Å². The molecule has 12 heteroatoms. The number of aliphatic carboxylic acids is 2. The van der Waals surface area contributed by atoms with Crippen molar-refractivity contribution < 1.29 is 46.1 Å². The van der Waals surface area contributed by atoms with E-state index in [0.29, 0.717) is 0 Å². The van der Waals surface area contributed by atoms with Gasteiger partial charge in [-0.1, -0.05) is 12.8 Å². The van der Waals surface area contributed by atoms with Crippen LogP contribution in [-0.2, 0) is 9.59 Å². The zero-order valence-electron chi connectivity index (χ0n) is 11.1. The van der Waals surface area contributed by atoms with Gasteiger partial charge >= 0.3 is 24.3 Å². The smallest absolute Gasteiger partial charge is 0.475 e. The molecular formula is C10H16F6N2O4. The molecule has 0 aromatic heterocycles. The molecule has 0 saturated heterocycles. The van der Waals surface area contributed by atoms with Gasteiger partial charge in [0.1, 0.15) is 0 Å². The third-order valence-electron chi connectivity index (χ3n) is 2.36. The van der Waals surface area contributed by atoms with Crippen LogP contribution in [0.25, 0.3) is 0 Å². The van der Waals surface area contributed by atoms with Crippen LogP contribution in [0.5, 0.6) is 0 Å². The van der Waals surface area contributed by atoms with Gasteiger partial charge in [0.25, 0.3) is 0 Å². The van der Waals surface area contributed by atoms with Crippen LogP contribution in [0.2, 0.25) is 0 Å². The van der Waals surface area contributed by atoms with E-state index in [1.807, 2.05) is 0 Å². The molecule has 1 rings (SSSR count). The Morgan fingerprint density at radius 3 is 1.05 bits per heavy atom. The maximum Gasteiger partial charge on any atom is 0.490 e. The Balaban J connectivity index is 0. The van der Waals surface area contributed by atoms with Gasteiger partial charge in [0.05, 0.1) is 0 Å². The minimum Gasteiger partial charge on any atom is -0.475 e. The topological polar surface area (TPSA) is 127 Å². The van der Waals surface area contributed by atoms with Crippen molar-refractivity contribution in [2.45, 2.75) is 50.1 Å². The van der Waals surface area contributed by atoms with Gasteiger partial charge in [-0.25, -0.2) is 9.59 Å². The summed E-state index contributed by atoms with van der Waals surface area (Å²) in [7, 11) is 0. The van der Waals surface area contributed by atoms with Crippen LogP contribution in [0.1, 0.15) is 25.7 Å². The summed E-state index contributed by atoms with van der Waals surface area (Å²) in [6.07, 6.45) is -5.37. The predicted octanol–water partition coefficient (Wildman–Crippen LogP) is 1.48. The molecule has 0 amide bonds. The lowest BCUT2D eigenvalue weighted by Crippen LogP contribution is -2.43. The first-order valence-electron chi connectivity index (χ1n) is 5.81. The third kappa shape index (κ3) is 12.2. The lowest BCUT2D eigenvalue weighted by atomic mass is 9.92. The van der Waals surface area contributed by atoms with E-state index in [0.717, 1.165) is 12.8 Å². The molecule has 1 fully saturated rings. The molecule has 1 aliphatic carbocycles. The van der Waals surface area contributed by atoms with Gasteiger partial charge in [0.15, 0.2) is 0 Å². The summed E-state index contributed by atoms with van der Waals surface area (Å²) in [6.45, 7) is 0. The Kier molecular flexibility index (Phi) is 9.76. The van der Waals surface area contributed by atoms with Gasteiger partial charge in [-0.15, -0.1) is 0 Å². The van der Waals surface area contributed by atoms with E-state index in [9.17, 15) is 26.3 Å². The molecular weight excluding hydrogens is 326 g/mol. The lowest BCUT2D eigenvalue weighted by molar-refractivity contribution is -0.193. The van der Waals surface area contributed by atoms with Gasteiger partial charge in [0, 0.05) is 12.1 Å². The molecule has 0 bridgehead atoms. The van der Waals surface area contributed by atoms with Crippen molar-refractivity contribution in [1.82, 2.24) is 0 Å². The maximum absolute atomic E-state index is 10.6. The number of carbonyl (C=O) groups is 2. The molecule has 1 saturated carbocycles. The van der Waals surface area contributed by atoms with Crippen molar-refractivity contribution in [2.24, 2.45) is 11.5 Å². The number of carboxylic acids is 2. The zero-order valence-corrected chi connectivity index (χ0v) is 11.1. The molecule has 0 unspecified atom stereocenters. The van der Waals surface area contributed by atoms with Crippen molar-refractivity contribution >= 4 is 11.9 Å². The van der Waals surface area contributed by atoms with Crippen molar-refractivity contribution in [1.29, 1.82) is 0 Å². The van der Waals surface area contributed by atoms with Crippen LogP contribution >= 0.6 is 0 Å². The van der Waals surface area contributed by atoms with Crippen LogP contribution < -0.4 is 11.5 Å². The van der Waals surface area contributed by atoms with Gasteiger partial charge in [0.2, 0.25) is 0 Å². The van der Waals surface area contributed by atoms with Crippen LogP contribution in [0.15, 0.2) is 0 Å². The lowest BCUT2D eigenvalue weighted by Gasteiger charge is -2.24. The Morgan fingerprint density at radius 2 is 0.955 bits per heavy atom. The van der Waals surface area contributed by atoms with E-state index in [2.05, 4.69) is 0 Å². The van der Waals surface area contributed by atoms with Crippen LogP contribution in [-0.4, -0.2) is 46.6 Å². The molecule has 0 aromatic carbocycles. The molecule has 22 heavy (non-hydrogen) atoms. The number of nitrogens with two attached hydrogens (primary N) is 2. The first-order valence-corrected chi connectivity index (χ1v) is 5.81. The Hall–Kier alpha value is -1.56. The highest BCUT2D eigenvalue weighted by atomic mass is 19.4. The molecule has 6 nitrogen and oxygen atoms in total. The summed E-state index contributed by atoms with van der Waals surface area (Å²) in [4.78, 5) is 17.8. The number of hydrogen-bond acceptors (Lipinski definition) is 4. The number of hydrogen-bond donors (Lipinski definition) is 4. The predicted molar refractivity (Wildman–Crippen MR) is 61.8 cm³/mol. The van der Waals surface area contributed by atoms with Crippen molar-refractivity contribution in [3.63, 3.8) is 0 Å². The molecule has 132 valence electrons. The highest BCUT2D eigenvalue weighted by Crippen LogP contribution is 2.14. The molecule has 6 N–H and O–H groups in total. The van der Waals surface area contributed by atoms with E-state index in [-0.39, 0.29) is 12.1 Å². The first-order chi connectivity index (χ1) is 9.69. The van der Waals surface area contributed by atoms with Crippen LogP contribution in [0, 0.1) is 0 Å². The molecule has 0 aromatic rings. The van der Waals surface area contributed by atoms with E-state index >= 15 is 0 Å². The fourth-order valence-corrected chi connectivity index (χ4v) is 1.19. The Morgan fingerprint density at radius 1 is 0.773 bits per heavy atom. The van der Waals surface area contributed by atoms with E-state index in [4.69, 9.17) is 31.3 Å². The first kappa shape index (κ1) is 22.7. The van der Waals surface area contributed by atoms with Gasteiger partial charge in [-0.2, -0.15) is 26.3 Å². The average molecular weight is 342 g/mol. The minimum atomic E-state index is -5.08. The summed E-state index contributed by atoms with van der Waals surface area (Å²) >= 11 is 0. The Bertz CT molecular complexity index is 324. The number of alkyl halides is 6. The van der Waals surface area contributed by atoms with Crippen LogP contribution in [0.4, 0.5) is 26.3 Å². The number of carboxylic acid groups (broad SMARTS) is 2. The number of halogens is 6. The monoisotopic (exact) mass is 342 g/mol. The summed E-state index contributed by atoms with van der Waals surface area (Å²) in [5.74, 6) is -5.51. The third-order valence-corrected chi connectivity index (χ3v) is 2.36. The quantitative estimate of drug-likeness (QED) is 0.494. The molecule has 0 aliphatic heterocycles. The van der Waals surface area contributed by atoms with E-state index in [1.54, 1.807) is 0 Å². The molecule has 0 heterocycles. The fraction of sp³-hybridized carbons (Fsp3) is 0.800. The summed E-state index contributed by atoms with van der Waals surface area (Å²) < 4.78 is 63.5. The SMILES string of the molecule is N[C@@H]1CCCC[C@H]1N.O=C(O)C(F)(F)F.O=C(O)C(F)(F)F. The van der Waals surface area contributed by atoms with Crippen LogP contribution in [0.3, 0.4) is 0 Å². The Labute approximate surface area is 121 Å². The maximum atomic E-state index is 10.6. The fourth-order valence-electron chi connectivity index (χ4n) is 1.19. The molecule has 2 atom stereocenters. The van der Waals surface area contributed by atoms with Crippen molar-refractivity contribution in [2.75, 3.05) is 0 Å². The summed E-state index contributed by atoms with van der Waals surface area (Å²) in [5, 5.41) is 14.2. The largest absolute Gasteiger partial charge is 0.490 e. The molecule has 0 radical (unpaired) electrons. The molecule has 1 aliphatic rings. The zero-order chi connectivity index (χ0) is 18.1. The summed E-state index contributed by atoms with van der Waals surface area (Å²) in [5.41, 5.74) is 11.3. The summed E-state index contributed by atoms with van der Waals surface area (Å²) in [6, 6.07) is 0.562. The highest BCUT2D eigenvalue weighted by molar-refractivity contribution is 5.73. The molecule has 0 spiro atoms. The standard InChI is InChI=1S/C6H14N2.2C2HF3O2/c7-5-3-1-2-4-6(5)8;2*3-2(4,5)1(6)7/h5-6H,1-4,7-8H2;2*(H,6,7)/t5-,6-;;/m1../s1. The highest BCUT2D eigenvalue weighted by Gasteiger charge is 2.38.